The first-order valence-electron chi connectivity index (χ1n) is 6.14. The topological polar surface area (TPSA) is 21.3 Å². The van der Waals surface area contributed by atoms with Crippen molar-refractivity contribution in [2.45, 2.75) is 52.0 Å². The Labute approximate surface area is 88.4 Å². The van der Waals surface area contributed by atoms with Crippen LogP contribution < -0.4 is 5.32 Å². The molecule has 0 unspecified atom stereocenters. The number of hydrogen-bond acceptors (Lipinski definition) is 2. The van der Waals surface area contributed by atoms with Crippen molar-refractivity contribution >= 4 is 0 Å². The summed E-state index contributed by atoms with van der Waals surface area (Å²) in [5.74, 6) is 0.949. The molecular formula is C12H25NO. The van der Waals surface area contributed by atoms with Gasteiger partial charge < -0.3 is 10.1 Å². The van der Waals surface area contributed by atoms with Crippen LogP contribution in [0.5, 0.6) is 0 Å². The summed E-state index contributed by atoms with van der Waals surface area (Å²) in [4.78, 5) is 0. The molecule has 0 atom stereocenters. The third-order valence-electron chi connectivity index (χ3n) is 3.04. The van der Waals surface area contributed by atoms with Gasteiger partial charge in [0.2, 0.25) is 0 Å². The van der Waals surface area contributed by atoms with E-state index in [1.165, 1.54) is 25.7 Å². The monoisotopic (exact) mass is 199 g/mol. The average Bonchev–Trinajstić information content (AvgIpc) is 2.21. The Kier molecular flexibility index (Phi) is 6.20. The molecule has 2 nitrogen and oxygen atoms in total. The van der Waals surface area contributed by atoms with Crippen LogP contribution in [0.25, 0.3) is 0 Å². The molecule has 1 N–H and O–H groups in total. The summed E-state index contributed by atoms with van der Waals surface area (Å²) in [5, 5.41) is 3.58. The van der Waals surface area contributed by atoms with Crippen LogP contribution in [0.4, 0.5) is 0 Å². The van der Waals surface area contributed by atoms with Crippen LogP contribution >= 0.6 is 0 Å². The van der Waals surface area contributed by atoms with Crippen molar-refractivity contribution < 1.29 is 4.74 Å². The summed E-state index contributed by atoms with van der Waals surface area (Å²) in [5.41, 5.74) is 0. The Morgan fingerprint density at radius 3 is 2.50 bits per heavy atom. The van der Waals surface area contributed by atoms with Crippen LogP contribution in [0.3, 0.4) is 0 Å². The summed E-state index contributed by atoms with van der Waals surface area (Å²) in [6.07, 6.45) is 6.63. The minimum Gasteiger partial charge on any atom is -0.380 e. The standard InChI is InChI=1S/C12H25NO/c1-3-9-14-10-8-13-12-6-4-11(2)5-7-12/h11-13H,3-10H2,1-2H3. The Bertz CT molecular complexity index is 130. The van der Waals surface area contributed by atoms with Crippen molar-refractivity contribution in [3.63, 3.8) is 0 Å². The van der Waals surface area contributed by atoms with Crippen LogP contribution in [0, 0.1) is 5.92 Å². The van der Waals surface area contributed by atoms with Gasteiger partial charge in [0.05, 0.1) is 6.61 Å². The summed E-state index contributed by atoms with van der Waals surface area (Å²) in [6, 6.07) is 0.761. The van der Waals surface area contributed by atoms with Crippen LogP contribution in [-0.4, -0.2) is 25.8 Å². The molecule has 0 radical (unpaired) electrons. The molecule has 0 saturated heterocycles. The minimum absolute atomic E-state index is 0.761. The first-order chi connectivity index (χ1) is 6.83. The van der Waals surface area contributed by atoms with Gasteiger partial charge in [-0.05, 0) is 38.0 Å². The Morgan fingerprint density at radius 1 is 1.14 bits per heavy atom. The fourth-order valence-corrected chi connectivity index (χ4v) is 2.05. The third kappa shape index (κ3) is 4.97. The highest BCUT2D eigenvalue weighted by molar-refractivity contribution is 4.74. The number of hydrogen-bond donors (Lipinski definition) is 1. The lowest BCUT2D eigenvalue weighted by molar-refractivity contribution is 0.132. The number of ether oxygens (including phenoxy) is 1. The maximum absolute atomic E-state index is 5.43. The van der Waals surface area contributed by atoms with Gasteiger partial charge in [-0.3, -0.25) is 0 Å². The first-order valence-corrected chi connectivity index (χ1v) is 6.14. The van der Waals surface area contributed by atoms with E-state index in [2.05, 4.69) is 19.2 Å². The predicted molar refractivity (Wildman–Crippen MR) is 60.5 cm³/mol. The van der Waals surface area contributed by atoms with Gasteiger partial charge in [0, 0.05) is 19.2 Å². The lowest BCUT2D eigenvalue weighted by Crippen LogP contribution is -2.34. The molecule has 0 spiro atoms. The van der Waals surface area contributed by atoms with E-state index in [4.69, 9.17) is 4.74 Å². The smallest absolute Gasteiger partial charge is 0.0590 e. The molecule has 0 amide bonds. The second-order valence-corrected chi connectivity index (χ2v) is 4.52. The SMILES string of the molecule is CCCOCCNC1CCC(C)CC1. The first kappa shape index (κ1) is 12.0. The zero-order chi connectivity index (χ0) is 10.2. The molecule has 1 rings (SSSR count). The molecule has 1 fully saturated rings. The Hall–Kier alpha value is -0.0800. The quantitative estimate of drug-likeness (QED) is 0.664. The van der Waals surface area contributed by atoms with E-state index in [1.54, 1.807) is 0 Å². The molecule has 1 aliphatic rings. The van der Waals surface area contributed by atoms with E-state index in [0.29, 0.717) is 0 Å². The average molecular weight is 199 g/mol. The molecule has 14 heavy (non-hydrogen) atoms. The van der Waals surface area contributed by atoms with Gasteiger partial charge in [0.1, 0.15) is 0 Å². The molecule has 1 aliphatic carbocycles. The third-order valence-corrected chi connectivity index (χ3v) is 3.04. The van der Waals surface area contributed by atoms with Gasteiger partial charge in [-0.25, -0.2) is 0 Å². The molecule has 84 valence electrons. The van der Waals surface area contributed by atoms with Gasteiger partial charge in [-0.2, -0.15) is 0 Å². The zero-order valence-electron chi connectivity index (χ0n) is 9.72. The van der Waals surface area contributed by atoms with Crippen molar-refractivity contribution in [2.75, 3.05) is 19.8 Å². The second kappa shape index (κ2) is 7.24. The molecule has 1 saturated carbocycles. The largest absolute Gasteiger partial charge is 0.380 e. The van der Waals surface area contributed by atoms with Crippen molar-refractivity contribution in [3.05, 3.63) is 0 Å². The molecule has 0 heterocycles. The molecule has 0 bridgehead atoms. The van der Waals surface area contributed by atoms with Crippen molar-refractivity contribution in [1.82, 2.24) is 5.32 Å². The highest BCUT2D eigenvalue weighted by Gasteiger charge is 2.16. The summed E-state index contributed by atoms with van der Waals surface area (Å²) in [7, 11) is 0. The molecular weight excluding hydrogens is 174 g/mol. The van der Waals surface area contributed by atoms with Crippen LogP contribution in [0.15, 0.2) is 0 Å². The molecule has 0 aromatic carbocycles. The predicted octanol–water partition coefficient (Wildman–Crippen LogP) is 2.58. The molecule has 0 aromatic rings. The lowest BCUT2D eigenvalue weighted by atomic mass is 9.87. The van der Waals surface area contributed by atoms with Gasteiger partial charge in [-0.1, -0.05) is 13.8 Å². The van der Waals surface area contributed by atoms with Crippen molar-refractivity contribution in [1.29, 1.82) is 0 Å². The molecule has 0 aliphatic heterocycles. The van der Waals surface area contributed by atoms with Crippen LogP contribution in [0.2, 0.25) is 0 Å². The molecule has 2 heteroatoms. The van der Waals surface area contributed by atoms with Gasteiger partial charge in [-0.15, -0.1) is 0 Å². The van der Waals surface area contributed by atoms with E-state index >= 15 is 0 Å². The summed E-state index contributed by atoms with van der Waals surface area (Å²) >= 11 is 0. The summed E-state index contributed by atoms with van der Waals surface area (Å²) in [6.45, 7) is 7.32. The highest BCUT2D eigenvalue weighted by atomic mass is 16.5. The van der Waals surface area contributed by atoms with Crippen molar-refractivity contribution in [2.24, 2.45) is 5.92 Å². The normalized spacial score (nSPS) is 27.9. The maximum Gasteiger partial charge on any atom is 0.0590 e. The van der Waals surface area contributed by atoms with E-state index < -0.39 is 0 Å². The Morgan fingerprint density at radius 2 is 1.86 bits per heavy atom. The van der Waals surface area contributed by atoms with E-state index in [-0.39, 0.29) is 0 Å². The van der Waals surface area contributed by atoms with E-state index in [1.807, 2.05) is 0 Å². The van der Waals surface area contributed by atoms with Gasteiger partial charge in [0.15, 0.2) is 0 Å². The van der Waals surface area contributed by atoms with E-state index in [0.717, 1.165) is 38.1 Å². The molecule has 0 aromatic heterocycles. The van der Waals surface area contributed by atoms with E-state index in [9.17, 15) is 0 Å². The van der Waals surface area contributed by atoms with Crippen LogP contribution in [-0.2, 0) is 4.74 Å². The fourth-order valence-electron chi connectivity index (χ4n) is 2.05. The second-order valence-electron chi connectivity index (χ2n) is 4.52. The minimum atomic E-state index is 0.761. The zero-order valence-corrected chi connectivity index (χ0v) is 9.72. The van der Waals surface area contributed by atoms with Gasteiger partial charge >= 0.3 is 0 Å². The van der Waals surface area contributed by atoms with Gasteiger partial charge in [0.25, 0.3) is 0 Å². The fraction of sp³-hybridized carbons (Fsp3) is 1.00. The Balaban J connectivity index is 1.91. The number of rotatable bonds is 6. The lowest BCUT2D eigenvalue weighted by Gasteiger charge is -2.26. The number of nitrogens with one attached hydrogen (secondary N) is 1. The highest BCUT2D eigenvalue weighted by Crippen LogP contribution is 2.23. The maximum atomic E-state index is 5.43. The van der Waals surface area contributed by atoms with Crippen LogP contribution in [0.1, 0.15) is 46.0 Å². The van der Waals surface area contributed by atoms with Crippen molar-refractivity contribution in [3.8, 4) is 0 Å². The summed E-state index contributed by atoms with van der Waals surface area (Å²) < 4.78 is 5.43.